The van der Waals surface area contributed by atoms with Gasteiger partial charge in [-0.3, -0.25) is 4.79 Å². The van der Waals surface area contributed by atoms with Gasteiger partial charge in [0.1, 0.15) is 5.75 Å². The summed E-state index contributed by atoms with van der Waals surface area (Å²) in [5.41, 5.74) is 1.29. The van der Waals surface area contributed by atoms with Crippen LogP contribution in [0.4, 0.5) is 0 Å². The quantitative estimate of drug-likeness (QED) is 0.805. The van der Waals surface area contributed by atoms with Gasteiger partial charge in [-0.2, -0.15) is 0 Å². The van der Waals surface area contributed by atoms with Crippen LogP contribution >= 0.6 is 11.6 Å². The molecular formula is C19H22ClNO4. The first-order valence-electron chi connectivity index (χ1n) is 7.90. The first-order valence-corrected chi connectivity index (χ1v) is 8.27. The van der Waals surface area contributed by atoms with E-state index in [9.17, 15) is 4.79 Å². The second kappa shape index (κ2) is 8.62. The number of halogens is 1. The standard InChI is InChI=1S/C19H22ClNO4/c1-12(2)25-15-7-5-13(6-8-15)19(22)21-11-14-9-17(23-3)18(24-4)10-16(14)20/h5-10,12H,11H2,1-4H3,(H,21,22). The van der Waals surface area contributed by atoms with Gasteiger partial charge in [0.15, 0.2) is 11.5 Å². The van der Waals surface area contributed by atoms with Gasteiger partial charge in [0, 0.05) is 23.2 Å². The molecule has 0 fully saturated rings. The molecule has 25 heavy (non-hydrogen) atoms. The Morgan fingerprint density at radius 3 is 2.24 bits per heavy atom. The highest BCUT2D eigenvalue weighted by Gasteiger charge is 2.12. The van der Waals surface area contributed by atoms with E-state index in [1.165, 1.54) is 0 Å². The number of carbonyl (C=O) groups excluding carboxylic acids is 1. The minimum Gasteiger partial charge on any atom is -0.493 e. The SMILES string of the molecule is COc1cc(Cl)c(CNC(=O)c2ccc(OC(C)C)cc2)cc1OC. The van der Waals surface area contributed by atoms with Crippen LogP contribution in [0.2, 0.25) is 5.02 Å². The number of benzene rings is 2. The lowest BCUT2D eigenvalue weighted by Gasteiger charge is -2.13. The van der Waals surface area contributed by atoms with Gasteiger partial charge in [0.2, 0.25) is 0 Å². The van der Waals surface area contributed by atoms with Gasteiger partial charge >= 0.3 is 0 Å². The van der Waals surface area contributed by atoms with Gasteiger partial charge in [0.25, 0.3) is 5.91 Å². The molecule has 0 aromatic heterocycles. The smallest absolute Gasteiger partial charge is 0.251 e. The number of amides is 1. The lowest BCUT2D eigenvalue weighted by Crippen LogP contribution is -2.23. The molecule has 6 heteroatoms. The lowest BCUT2D eigenvalue weighted by atomic mass is 10.1. The molecule has 2 aromatic carbocycles. The summed E-state index contributed by atoms with van der Waals surface area (Å²) >= 11 is 6.23. The van der Waals surface area contributed by atoms with Crippen LogP contribution in [0.1, 0.15) is 29.8 Å². The molecule has 0 radical (unpaired) electrons. The number of nitrogens with one attached hydrogen (secondary N) is 1. The van der Waals surface area contributed by atoms with Crippen molar-refractivity contribution in [3.05, 3.63) is 52.5 Å². The summed E-state index contributed by atoms with van der Waals surface area (Å²) in [5, 5.41) is 3.34. The number of ether oxygens (including phenoxy) is 3. The Balaban J connectivity index is 2.04. The maximum atomic E-state index is 12.3. The third kappa shape index (κ3) is 5.03. The number of methoxy groups -OCH3 is 2. The van der Waals surface area contributed by atoms with Gasteiger partial charge in [-0.15, -0.1) is 0 Å². The second-order valence-electron chi connectivity index (χ2n) is 5.67. The molecule has 0 heterocycles. The topological polar surface area (TPSA) is 56.8 Å². The van der Waals surface area contributed by atoms with Crippen LogP contribution in [-0.4, -0.2) is 26.2 Å². The summed E-state index contributed by atoms with van der Waals surface area (Å²) in [6.45, 7) is 4.18. The Morgan fingerprint density at radius 1 is 1.08 bits per heavy atom. The zero-order valence-corrected chi connectivity index (χ0v) is 15.5. The summed E-state index contributed by atoms with van der Waals surface area (Å²) in [7, 11) is 3.09. The third-order valence-electron chi connectivity index (χ3n) is 3.48. The molecule has 5 nitrogen and oxygen atoms in total. The van der Waals surface area contributed by atoms with Crippen LogP contribution in [-0.2, 0) is 6.54 Å². The predicted molar refractivity (Wildman–Crippen MR) is 97.9 cm³/mol. The summed E-state index contributed by atoms with van der Waals surface area (Å²) < 4.78 is 16.0. The lowest BCUT2D eigenvalue weighted by molar-refractivity contribution is 0.0951. The molecule has 0 spiro atoms. The molecule has 2 rings (SSSR count). The van der Waals surface area contributed by atoms with E-state index in [1.807, 2.05) is 13.8 Å². The zero-order chi connectivity index (χ0) is 18.4. The number of hydrogen-bond acceptors (Lipinski definition) is 4. The van der Waals surface area contributed by atoms with E-state index in [0.29, 0.717) is 22.1 Å². The molecule has 1 N–H and O–H groups in total. The summed E-state index contributed by atoms with van der Waals surface area (Å²) in [5.74, 6) is 1.64. The Bertz CT molecular complexity index is 729. The number of carbonyl (C=O) groups is 1. The Labute approximate surface area is 152 Å². The summed E-state index contributed by atoms with van der Waals surface area (Å²) in [6, 6.07) is 10.4. The van der Waals surface area contributed by atoms with E-state index >= 15 is 0 Å². The molecule has 134 valence electrons. The predicted octanol–water partition coefficient (Wildman–Crippen LogP) is 4.07. The van der Waals surface area contributed by atoms with Crippen LogP contribution in [0.15, 0.2) is 36.4 Å². The van der Waals surface area contributed by atoms with Crippen molar-refractivity contribution in [2.24, 2.45) is 0 Å². The Hall–Kier alpha value is -2.40. The van der Waals surface area contributed by atoms with Gasteiger partial charge < -0.3 is 19.5 Å². The molecule has 0 unspecified atom stereocenters. The minimum atomic E-state index is -0.193. The Morgan fingerprint density at radius 2 is 1.68 bits per heavy atom. The highest BCUT2D eigenvalue weighted by Crippen LogP contribution is 2.33. The number of rotatable bonds is 7. The van der Waals surface area contributed by atoms with E-state index in [4.69, 9.17) is 25.8 Å². The van der Waals surface area contributed by atoms with E-state index < -0.39 is 0 Å². The van der Waals surface area contributed by atoms with Crippen molar-refractivity contribution in [2.45, 2.75) is 26.5 Å². The van der Waals surface area contributed by atoms with Crippen LogP contribution in [0.25, 0.3) is 0 Å². The molecule has 0 aliphatic heterocycles. The van der Waals surface area contributed by atoms with Crippen LogP contribution in [0.5, 0.6) is 17.2 Å². The van der Waals surface area contributed by atoms with Gasteiger partial charge in [0.05, 0.1) is 20.3 Å². The molecule has 0 saturated carbocycles. The molecular weight excluding hydrogens is 342 g/mol. The number of hydrogen-bond donors (Lipinski definition) is 1. The molecule has 0 saturated heterocycles. The minimum absolute atomic E-state index is 0.0897. The van der Waals surface area contributed by atoms with Crippen molar-refractivity contribution in [3.8, 4) is 17.2 Å². The van der Waals surface area contributed by atoms with Crippen molar-refractivity contribution < 1.29 is 19.0 Å². The van der Waals surface area contributed by atoms with Crippen molar-refractivity contribution >= 4 is 17.5 Å². The Kier molecular flexibility index (Phi) is 6.53. The van der Waals surface area contributed by atoms with Crippen LogP contribution < -0.4 is 19.5 Å². The van der Waals surface area contributed by atoms with Gasteiger partial charge in [-0.25, -0.2) is 0 Å². The largest absolute Gasteiger partial charge is 0.493 e. The van der Waals surface area contributed by atoms with Gasteiger partial charge in [-0.1, -0.05) is 11.6 Å². The molecule has 0 bridgehead atoms. The highest BCUT2D eigenvalue weighted by atomic mass is 35.5. The fourth-order valence-corrected chi connectivity index (χ4v) is 2.49. The second-order valence-corrected chi connectivity index (χ2v) is 6.08. The normalized spacial score (nSPS) is 10.5. The average Bonchev–Trinajstić information content (AvgIpc) is 2.60. The fraction of sp³-hybridized carbons (Fsp3) is 0.316. The third-order valence-corrected chi connectivity index (χ3v) is 3.83. The maximum Gasteiger partial charge on any atom is 0.251 e. The maximum absolute atomic E-state index is 12.3. The first kappa shape index (κ1) is 18.9. The van der Waals surface area contributed by atoms with E-state index in [-0.39, 0.29) is 18.6 Å². The van der Waals surface area contributed by atoms with E-state index in [0.717, 1.165) is 11.3 Å². The molecule has 1 amide bonds. The molecule has 0 aliphatic rings. The molecule has 2 aromatic rings. The zero-order valence-electron chi connectivity index (χ0n) is 14.8. The molecule has 0 aliphatic carbocycles. The summed E-state index contributed by atoms with van der Waals surface area (Å²) in [4.78, 5) is 12.3. The van der Waals surface area contributed by atoms with Crippen molar-refractivity contribution in [1.29, 1.82) is 0 Å². The van der Waals surface area contributed by atoms with Crippen molar-refractivity contribution in [3.63, 3.8) is 0 Å². The summed E-state index contributed by atoms with van der Waals surface area (Å²) in [6.07, 6.45) is 0.0897. The average molecular weight is 364 g/mol. The monoisotopic (exact) mass is 363 g/mol. The first-order chi connectivity index (χ1) is 11.9. The van der Waals surface area contributed by atoms with Crippen LogP contribution in [0.3, 0.4) is 0 Å². The van der Waals surface area contributed by atoms with Crippen molar-refractivity contribution in [1.82, 2.24) is 5.32 Å². The van der Waals surface area contributed by atoms with E-state index in [1.54, 1.807) is 50.6 Å². The van der Waals surface area contributed by atoms with Gasteiger partial charge in [-0.05, 0) is 49.7 Å². The molecule has 0 atom stereocenters. The van der Waals surface area contributed by atoms with Crippen LogP contribution in [0, 0.1) is 0 Å². The van der Waals surface area contributed by atoms with Crippen molar-refractivity contribution in [2.75, 3.05) is 14.2 Å². The fourth-order valence-electron chi connectivity index (χ4n) is 2.27. The highest BCUT2D eigenvalue weighted by molar-refractivity contribution is 6.31. The van der Waals surface area contributed by atoms with E-state index in [2.05, 4.69) is 5.32 Å².